The number of halogens is 2. The molecular weight excluding hydrogens is 309 g/mol. The highest BCUT2D eigenvalue weighted by Crippen LogP contribution is 2.28. The zero-order valence-electron chi connectivity index (χ0n) is 11.8. The Hall–Kier alpha value is -0.450. The van der Waals surface area contributed by atoms with E-state index in [0.29, 0.717) is 12.1 Å². The van der Waals surface area contributed by atoms with E-state index in [2.05, 4.69) is 28.2 Å². The third kappa shape index (κ3) is 4.86. The van der Waals surface area contributed by atoms with Gasteiger partial charge in [-0.25, -0.2) is 4.39 Å². The van der Waals surface area contributed by atoms with Gasteiger partial charge in [0.1, 0.15) is 5.82 Å². The highest BCUT2D eigenvalue weighted by molar-refractivity contribution is 9.10. The molecule has 1 aromatic carbocycles. The first-order valence-corrected chi connectivity index (χ1v) is 7.47. The van der Waals surface area contributed by atoms with Crippen molar-refractivity contribution in [3.05, 3.63) is 34.1 Å². The highest BCUT2D eigenvalue weighted by Gasteiger charge is 2.24. The van der Waals surface area contributed by atoms with E-state index in [4.69, 9.17) is 5.11 Å². The van der Waals surface area contributed by atoms with Crippen LogP contribution in [0.5, 0.6) is 0 Å². The van der Waals surface area contributed by atoms with Crippen molar-refractivity contribution >= 4 is 15.9 Å². The molecule has 2 nitrogen and oxygen atoms in total. The molecule has 0 aliphatic carbocycles. The quantitative estimate of drug-likeness (QED) is 0.801. The first-order chi connectivity index (χ1) is 8.90. The van der Waals surface area contributed by atoms with Gasteiger partial charge < -0.3 is 10.4 Å². The lowest BCUT2D eigenvalue weighted by Gasteiger charge is -2.27. The van der Waals surface area contributed by atoms with Crippen molar-refractivity contribution in [1.29, 1.82) is 0 Å². The van der Waals surface area contributed by atoms with Gasteiger partial charge in [0.25, 0.3) is 0 Å². The highest BCUT2D eigenvalue weighted by atomic mass is 79.9. The molecule has 0 aliphatic heterocycles. The van der Waals surface area contributed by atoms with Gasteiger partial charge in [0.05, 0.1) is 0 Å². The van der Waals surface area contributed by atoms with E-state index in [1.165, 1.54) is 6.07 Å². The van der Waals surface area contributed by atoms with E-state index in [9.17, 15) is 4.39 Å². The number of hydrogen-bond donors (Lipinski definition) is 2. The molecule has 1 unspecified atom stereocenters. The topological polar surface area (TPSA) is 32.3 Å². The molecule has 0 saturated carbocycles. The van der Waals surface area contributed by atoms with Crippen LogP contribution >= 0.6 is 15.9 Å². The van der Waals surface area contributed by atoms with E-state index in [-0.39, 0.29) is 23.8 Å². The summed E-state index contributed by atoms with van der Waals surface area (Å²) in [6, 6.07) is 5.03. The number of aliphatic hydroxyl groups is 1. The predicted molar refractivity (Wildman–Crippen MR) is 80.9 cm³/mol. The minimum atomic E-state index is -0.290. The van der Waals surface area contributed by atoms with Gasteiger partial charge in [0, 0.05) is 29.6 Å². The second kappa shape index (κ2) is 7.36. The van der Waals surface area contributed by atoms with E-state index in [0.717, 1.165) is 17.4 Å². The first-order valence-electron chi connectivity index (χ1n) is 6.67. The predicted octanol–water partition coefficient (Wildman–Crippen LogP) is 3.47. The van der Waals surface area contributed by atoms with E-state index < -0.39 is 0 Å². The van der Waals surface area contributed by atoms with E-state index >= 15 is 0 Å². The average molecular weight is 332 g/mol. The minimum Gasteiger partial charge on any atom is -0.396 e. The Labute approximate surface area is 123 Å². The van der Waals surface area contributed by atoms with Crippen LogP contribution in [0.2, 0.25) is 0 Å². The fourth-order valence-corrected chi connectivity index (χ4v) is 2.40. The first kappa shape index (κ1) is 16.6. The molecule has 2 N–H and O–H groups in total. The van der Waals surface area contributed by atoms with Gasteiger partial charge in [-0.15, -0.1) is 0 Å². The van der Waals surface area contributed by atoms with Crippen LogP contribution in [0.1, 0.15) is 32.8 Å². The summed E-state index contributed by atoms with van der Waals surface area (Å²) in [4.78, 5) is 0. The molecule has 4 heteroatoms. The molecule has 0 heterocycles. The van der Waals surface area contributed by atoms with Crippen LogP contribution in [-0.4, -0.2) is 24.8 Å². The molecule has 108 valence electrons. The van der Waals surface area contributed by atoms with Crippen molar-refractivity contribution in [2.45, 2.75) is 32.6 Å². The Morgan fingerprint density at radius 3 is 2.68 bits per heavy atom. The van der Waals surface area contributed by atoms with Crippen LogP contribution in [0.3, 0.4) is 0 Å². The van der Waals surface area contributed by atoms with Crippen molar-refractivity contribution in [2.24, 2.45) is 5.92 Å². The van der Waals surface area contributed by atoms with Gasteiger partial charge >= 0.3 is 0 Å². The molecule has 1 rings (SSSR count). The molecule has 0 saturated heterocycles. The van der Waals surface area contributed by atoms with Crippen LogP contribution < -0.4 is 5.32 Å². The van der Waals surface area contributed by atoms with Crippen molar-refractivity contribution in [1.82, 2.24) is 5.32 Å². The van der Waals surface area contributed by atoms with Crippen LogP contribution in [0, 0.1) is 11.7 Å². The number of aliphatic hydroxyl groups excluding tert-OH is 1. The summed E-state index contributed by atoms with van der Waals surface area (Å²) in [5.41, 5.74) is 0.410. The molecule has 1 aromatic rings. The van der Waals surface area contributed by atoms with Gasteiger partial charge in [0.2, 0.25) is 0 Å². The van der Waals surface area contributed by atoms with Gasteiger partial charge in [-0.05, 0) is 36.1 Å². The lowest BCUT2D eigenvalue weighted by atomic mass is 9.84. The molecule has 19 heavy (non-hydrogen) atoms. The SMILES string of the molecule is CCC(CO)CNCC(C)(C)c1cc(Br)ccc1F. The number of rotatable bonds is 7. The van der Waals surface area contributed by atoms with Crippen LogP contribution in [0.15, 0.2) is 22.7 Å². The van der Waals surface area contributed by atoms with Crippen LogP contribution in [0.25, 0.3) is 0 Å². The van der Waals surface area contributed by atoms with Gasteiger partial charge in [-0.3, -0.25) is 0 Å². The van der Waals surface area contributed by atoms with Gasteiger partial charge in [-0.1, -0.05) is 36.7 Å². The Morgan fingerprint density at radius 1 is 1.42 bits per heavy atom. The summed E-state index contributed by atoms with van der Waals surface area (Å²) >= 11 is 3.38. The van der Waals surface area contributed by atoms with Crippen molar-refractivity contribution in [2.75, 3.05) is 19.7 Å². The zero-order valence-corrected chi connectivity index (χ0v) is 13.4. The van der Waals surface area contributed by atoms with Crippen LogP contribution in [-0.2, 0) is 5.41 Å². The number of hydrogen-bond acceptors (Lipinski definition) is 2. The number of benzene rings is 1. The third-order valence-electron chi connectivity index (χ3n) is 3.49. The Kier molecular flexibility index (Phi) is 6.43. The van der Waals surface area contributed by atoms with Crippen molar-refractivity contribution in [3.8, 4) is 0 Å². The average Bonchev–Trinajstić information content (AvgIpc) is 2.37. The maximum atomic E-state index is 13.9. The molecule has 0 aromatic heterocycles. The summed E-state index contributed by atoms with van der Waals surface area (Å²) in [6.45, 7) is 7.72. The van der Waals surface area contributed by atoms with Gasteiger partial charge in [-0.2, -0.15) is 0 Å². The molecular formula is C15H23BrFNO. The molecule has 0 radical (unpaired) electrons. The monoisotopic (exact) mass is 331 g/mol. The van der Waals surface area contributed by atoms with E-state index in [1.807, 2.05) is 19.9 Å². The third-order valence-corrected chi connectivity index (χ3v) is 3.99. The van der Waals surface area contributed by atoms with Crippen molar-refractivity contribution < 1.29 is 9.50 Å². The maximum Gasteiger partial charge on any atom is 0.127 e. The zero-order chi connectivity index (χ0) is 14.5. The molecule has 0 fully saturated rings. The second-order valence-corrected chi connectivity index (χ2v) is 6.51. The molecule has 0 bridgehead atoms. The molecule has 0 amide bonds. The largest absolute Gasteiger partial charge is 0.396 e. The summed E-state index contributed by atoms with van der Waals surface area (Å²) in [5, 5.41) is 12.5. The second-order valence-electron chi connectivity index (χ2n) is 5.60. The lowest BCUT2D eigenvalue weighted by Crippen LogP contribution is -2.36. The summed E-state index contributed by atoms with van der Waals surface area (Å²) in [7, 11) is 0. The fraction of sp³-hybridized carbons (Fsp3) is 0.600. The van der Waals surface area contributed by atoms with Crippen LogP contribution in [0.4, 0.5) is 4.39 Å². The summed E-state index contributed by atoms with van der Waals surface area (Å²) in [6.07, 6.45) is 0.940. The Bertz CT molecular complexity index is 405. The normalized spacial score (nSPS) is 13.6. The lowest BCUT2D eigenvalue weighted by molar-refractivity contribution is 0.216. The fourth-order valence-electron chi connectivity index (χ4n) is 2.04. The van der Waals surface area contributed by atoms with Crippen molar-refractivity contribution in [3.63, 3.8) is 0 Å². The molecule has 1 atom stereocenters. The molecule has 0 spiro atoms. The summed E-state index contributed by atoms with van der Waals surface area (Å²) < 4.78 is 14.8. The van der Waals surface area contributed by atoms with Gasteiger partial charge in [0.15, 0.2) is 0 Å². The maximum absolute atomic E-state index is 13.9. The Balaban J connectivity index is 2.67. The summed E-state index contributed by atoms with van der Waals surface area (Å²) in [5.74, 6) is 0.0901. The Morgan fingerprint density at radius 2 is 2.11 bits per heavy atom. The smallest absolute Gasteiger partial charge is 0.127 e. The number of nitrogens with one attached hydrogen (secondary N) is 1. The standard InChI is InChI=1S/C15H23BrFNO/c1-4-11(9-19)8-18-10-15(2,3)13-7-12(16)5-6-14(13)17/h5-7,11,18-19H,4,8-10H2,1-3H3. The van der Waals surface area contributed by atoms with E-state index in [1.54, 1.807) is 6.07 Å². The minimum absolute atomic E-state index is 0.177. The molecule has 0 aliphatic rings.